The van der Waals surface area contributed by atoms with Crippen LogP contribution in [0.15, 0.2) is 29.4 Å². The van der Waals surface area contributed by atoms with Gasteiger partial charge >= 0.3 is 11.9 Å². The molecule has 1 aromatic carbocycles. The van der Waals surface area contributed by atoms with E-state index in [-0.39, 0.29) is 5.97 Å². The lowest BCUT2D eigenvalue weighted by atomic mass is 10.2. The number of carbonyl (C=O) groups excluding carboxylic acids is 2. The summed E-state index contributed by atoms with van der Waals surface area (Å²) < 4.78 is 17.4. The summed E-state index contributed by atoms with van der Waals surface area (Å²) in [5.41, 5.74) is 0.926. The fourth-order valence-corrected chi connectivity index (χ4v) is 3.46. The van der Waals surface area contributed by atoms with Gasteiger partial charge in [-0.15, -0.1) is 0 Å². The van der Waals surface area contributed by atoms with E-state index in [1.54, 1.807) is 40.8 Å². The van der Waals surface area contributed by atoms with Gasteiger partial charge in [-0.3, -0.25) is 0 Å². The van der Waals surface area contributed by atoms with E-state index in [0.717, 1.165) is 22.9 Å². The summed E-state index contributed by atoms with van der Waals surface area (Å²) in [5, 5.41) is 3.84. The highest BCUT2D eigenvalue weighted by atomic mass is 32.2. The molecule has 2 aromatic rings. The van der Waals surface area contributed by atoms with Crippen LogP contribution in [0.25, 0.3) is 5.69 Å². The maximum Gasteiger partial charge on any atom is 0.347 e. The second-order valence-electron chi connectivity index (χ2n) is 7.05. The van der Waals surface area contributed by atoms with Crippen LogP contribution in [-0.2, 0) is 9.47 Å². The second kappa shape index (κ2) is 9.14. The van der Waals surface area contributed by atoms with Crippen LogP contribution in [0.5, 0.6) is 5.75 Å². The van der Waals surface area contributed by atoms with Crippen LogP contribution in [0.1, 0.15) is 54.8 Å². The highest BCUT2D eigenvalue weighted by Gasteiger charge is 2.31. The first kappa shape index (κ1) is 21.8. The molecule has 1 N–H and O–H groups in total. The zero-order chi connectivity index (χ0) is 20.9. The van der Waals surface area contributed by atoms with E-state index in [2.05, 4.69) is 12.0 Å². The Morgan fingerprint density at radius 2 is 1.86 bits per heavy atom. The number of esters is 2. The minimum absolute atomic E-state index is 0.330. The number of carbonyl (C=O) groups is 2. The first-order valence-corrected chi connectivity index (χ1v) is 9.96. The second-order valence-corrected chi connectivity index (χ2v) is 8.14. The normalized spacial score (nSPS) is 11.2. The molecule has 7 nitrogen and oxygen atoms in total. The zero-order valence-corrected chi connectivity index (χ0v) is 17.9. The molecule has 0 atom stereocenters. The predicted molar refractivity (Wildman–Crippen MR) is 106 cm³/mol. The Labute approximate surface area is 169 Å². The van der Waals surface area contributed by atoms with E-state index < -0.39 is 11.6 Å². The molecule has 8 heteroatoms. The fourth-order valence-electron chi connectivity index (χ4n) is 2.48. The third kappa shape index (κ3) is 5.07. The van der Waals surface area contributed by atoms with E-state index in [4.69, 9.17) is 14.2 Å². The third-order valence-corrected chi connectivity index (χ3v) is 4.97. The molecule has 0 aliphatic heterocycles. The van der Waals surface area contributed by atoms with Crippen molar-refractivity contribution >= 4 is 23.7 Å². The maximum absolute atomic E-state index is 12.6. The Hall–Kier alpha value is -2.48. The van der Waals surface area contributed by atoms with Gasteiger partial charge < -0.3 is 14.2 Å². The van der Waals surface area contributed by atoms with Crippen LogP contribution in [0.3, 0.4) is 0 Å². The summed E-state index contributed by atoms with van der Waals surface area (Å²) in [6.07, 6.45) is 2.58. The number of benzene rings is 1. The molecule has 0 aliphatic carbocycles. The first-order valence-electron chi connectivity index (χ1n) is 8.98. The van der Waals surface area contributed by atoms with Gasteiger partial charge in [0.05, 0.1) is 26.5 Å². The number of aromatic amines is 1. The predicted octanol–water partition coefficient (Wildman–Crippen LogP) is 3.54. The molecule has 0 amide bonds. The van der Waals surface area contributed by atoms with Gasteiger partial charge in [-0.05, 0) is 33.3 Å². The fraction of sp³-hybridized carbons (Fsp3) is 0.450. The molecule has 2 rings (SSSR count). The number of H-pyrrole nitrogens is 1. The summed E-state index contributed by atoms with van der Waals surface area (Å²) in [4.78, 5) is 24.5. The molecule has 0 bridgehead atoms. The largest absolute Gasteiger partial charge is 0.496 e. The molecule has 0 aliphatic rings. The summed E-state index contributed by atoms with van der Waals surface area (Å²) >= 11 is 1.56. The van der Waals surface area contributed by atoms with Gasteiger partial charge in [-0.25, -0.2) is 9.59 Å². The lowest BCUT2D eigenvalue weighted by Gasteiger charge is -2.18. The van der Waals surface area contributed by atoms with Crippen molar-refractivity contribution in [2.45, 2.75) is 44.7 Å². The van der Waals surface area contributed by atoms with Crippen molar-refractivity contribution in [1.82, 2.24) is 5.10 Å². The van der Waals surface area contributed by atoms with Crippen LogP contribution in [0.4, 0.5) is 0 Å². The number of hydrogen-bond acceptors (Lipinski definition) is 6. The van der Waals surface area contributed by atoms with Gasteiger partial charge in [0, 0.05) is 11.8 Å². The van der Waals surface area contributed by atoms with Crippen LogP contribution < -0.4 is 9.42 Å². The highest BCUT2D eigenvalue weighted by Crippen LogP contribution is 2.26. The molecule has 0 radical (unpaired) electrons. The van der Waals surface area contributed by atoms with E-state index in [1.165, 1.54) is 14.2 Å². The molecule has 0 saturated heterocycles. The smallest absolute Gasteiger partial charge is 0.347 e. The van der Waals surface area contributed by atoms with Crippen molar-refractivity contribution in [1.29, 1.82) is 0 Å². The van der Waals surface area contributed by atoms with Gasteiger partial charge in [0.15, 0.2) is 5.56 Å². The maximum atomic E-state index is 12.6. The van der Waals surface area contributed by atoms with Crippen molar-refractivity contribution in [3.8, 4) is 11.4 Å². The lowest BCUT2D eigenvalue weighted by Crippen LogP contribution is -2.35. The average molecular weight is 408 g/mol. The average Bonchev–Trinajstić information content (AvgIpc) is 3.07. The number of nitrogens with one attached hydrogen (secondary N) is 1. The van der Waals surface area contributed by atoms with Crippen molar-refractivity contribution in [2.75, 3.05) is 20.0 Å². The molecule has 152 valence electrons. The lowest BCUT2D eigenvalue weighted by molar-refractivity contribution is -0.692. The molecular weight excluding hydrogens is 380 g/mol. The third-order valence-electron chi connectivity index (χ3n) is 3.68. The van der Waals surface area contributed by atoms with E-state index >= 15 is 0 Å². The molecule has 0 fully saturated rings. The van der Waals surface area contributed by atoms with Gasteiger partial charge in [0.25, 0.3) is 5.03 Å². The molecule has 0 unspecified atom stereocenters. The molecule has 0 spiro atoms. The number of hydrogen-bond donors (Lipinski definition) is 1. The van der Waals surface area contributed by atoms with Crippen molar-refractivity contribution < 1.29 is 28.5 Å². The summed E-state index contributed by atoms with van der Waals surface area (Å²) in [7, 11) is 2.81. The van der Waals surface area contributed by atoms with Crippen molar-refractivity contribution in [3.63, 3.8) is 0 Å². The van der Waals surface area contributed by atoms with Crippen LogP contribution in [0.2, 0.25) is 0 Å². The molecule has 28 heavy (non-hydrogen) atoms. The Morgan fingerprint density at radius 1 is 1.14 bits per heavy atom. The van der Waals surface area contributed by atoms with Crippen molar-refractivity contribution in [3.05, 3.63) is 35.5 Å². The topological polar surface area (TPSA) is 81.5 Å². The Bertz CT molecular complexity index is 855. The minimum atomic E-state index is -0.586. The first-order chi connectivity index (χ1) is 13.2. The number of rotatable bonds is 7. The van der Waals surface area contributed by atoms with Crippen LogP contribution in [-0.4, -0.2) is 42.6 Å². The molecular formula is C20H27N2O5S+. The minimum Gasteiger partial charge on any atom is -0.496 e. The van der Waals surface area contributed by atoms with E-state index in [9.17, 15) is 9.59 Å². The SMILES string of the molecule is CCCSc1c(C(=O)OC(C)(C)C)c[nH][n+]1-c1ccc(C(=O)OC)c(OC)c1. The van der Waals surface area contributed by atoms with Gasteiger partial charge in [-0.1, -0.05) is 23.4 Å². The number of methoxy groups -OCH3 is 2. The number of ether oxygens (including phenoxy) is 3. The highest BCUT2D eigenvalue weighted by molar-refractivity contribution is 7.99. The molecule has 1 aromatic heterocycles. The Morgan fingerprint density at radius 3 is 2.43 bits per heavy atom. The number of aromatic nitrogens is 2. The summed E-state index contributed by atoms with van der Waals surface area (Å²) in [6.45, 7) is 7.58. The van der Waals surface area contributed by atoms with Gasteiger partial charge in [-0.2, -0.15) is 5.10 Å². The standard InChI is InChI=1S/C20H26N2O5S/c1-7-10-28-17-15(19(24)27-20(2,3)4)12-21-22(17)13-8-9-14(18(23)26-6)16(11-13)25-5/h8-9,11-12H,7,10H2,1-6H3/p+1. The quantitative estimate of drug-likeness (QED) is 0.429. The summed E-state index contributed by atoms with van der Waals surface area (Å²) in [6, 6.07) is 5.12. The van der Waals surface area contributed by atoms with E-state index in [1.807, 2.05) is 20.8 Å². The number of nitrogens with zero attached hydrogens (tertiary/aromatic N) is 1. The van der Waals surface area contributed by atoms with Gasteiger partial charge in [0.2, 0.25) is 5.69 Å². The van der Waals surface area contributed by atoms with Crippen LogP contribution in [0, 0.1) is 0 Å². The monoisotopic (exact) mass is 407 g/mol. The van der Waals surface area contributed by atoms with Crippen molar-refractivity contribution in [2.24, 2.45) is 0 Å². The van der Waals surface area contributed by atoms with E-state index in [0.29, 0.717) is 16.9 Å². The molecule has 0 saturated carbocycles. The molecule has 1 heterocycles. The Balaban J connectivity index is 2.50. The summed E-state index contributed by atoms with van der Waals surface area (Å²) in [5.74, 6) is 0.358. The number of thioether (sulfide) groups is 1. The van der Waals surface area contributed by atoms with Gasteiger partial charge in [0.1, 0.15) is 16.9 Å². The van der Waals surface area contributed by atoms with Crippen LogP contribution >= 0.6 is 11.8 Å². The Kier molecular flexibility index (Phi) is 7.12. The zero-order valence-electron chi connectivity index (χ0n) is 17.1.